The van der Waals surface area contributed by atoms with Crippen molar-refractivity contribution in [1.82, 2.24) is 4.57 Å². The van der Waals surface area contributed by atoms with Crippen LogP contribution in [0.25, 0.3) is 0 Å². The van der Waals surface area contributed by atoms with E-state index in [0.29, 0.717) is 4.32 Å². The Balaban J connectivity index is 2.68. The predicted molar refractivity (Wildman–Crippen MR) is 59.7 cm³/mol. The Labute approximate surface area is 87.5 Å². The zero-order chi connectivity index (χ0) is 9.90. The average Bonchev–Trinajstić information content (AvgIpc) is 2.55. The fourth-order valence-electron chi connectivity index (χ4n) is 0.750. The molecule has 0 saturated heterocycles. The number of hydrogen-bond donors (Lipinski definition) is 0. The van der Waals surface area contributed by atoms with E-state index in [4.69, 9.17) is 17.5 Å². The molecule has 0 atom stereocenters. The molecule has 0 aliphatic carbocycles. The van der Waals surface area contributed by atoms with Gasteiger partial charge in [0.1, 0.15) is 9.07 Å². The van der Waals surface area contributed by atoms with Gasteiger partial charge >= 0.3 is 0 Å². The summed E-state index contributed by atoms with van der Waals surface area (Å²) in [6.07, 6.45) is 3.76. The summed E-state index contributed by atoms with van der Waals surface area (Å²) in [4.78, 5) is 0. The van der Waals surface area contributed by atoms with Crippen molar-refractivity contribution >= 4 is 28.3 Å². The molecule has 4 heteroatoms. The first-order valence-electron chi connectivity index (χ1n) is 3.83. The summed E-state index contributed by atoms with van der Waals surface area (Å²) in [5, 5.41) is 8.80. The Morgan fingerprint density at radius 1 is 1.46 bits per heavy atom. The van der Waals surface area contributed by atoms with Crippen molar-refractivity contribution in [1.29, 1.82) is 5.26 Å². The van der Waals surface area contributed by atoms with Gasteiger partial charge in [-0.3, -0.25) is 0 Å². The molecule has 1 aromatic rings. The highest BCUT2D eigenvalue weighted by molar-refractivity contribution is 8.24. The van der Waals surface area contributed by atoms with E-state index >= 15 is 0 Å². The maximum absolute atomic E-state index is 8.80. The summed E-state index contributed by atoms with van der Waals surface area (Å²) in [5.41, 5.74) is 0. The second-order valence-corrected chi connectivity index (χ2v) is 5.34. The largest absolute Gasteiger partial charge is 0.310 e. The van der Waals surface area contributed by atoms with E-state index in [1.165, 1.54) is 11.8 Å². The highest BCUT2D eigenvalue weighted by Crippen LogP contribution is 2.25. The molecule has 68 valence electrons. The molecule has 0 fully saturated rings. The standard InChI is InChI=1S/C9H10N2S2/c1-9(2,7-10)13-8(12)11-5-3-4-6-11/h3-6H,1-2H3. The quantitative estimate of drug-likeness (QED) is 0.667. The molecule has 0 spiro atoms. The lowest BCUT2D eigenvalue weighted by molar-refractivity contribution is 0.919. The molecule has 0 amide bonds. The monoisotopic (exact) mass is 210 g/mol. The van der Waals surface area contributed by atoms with Gasteiger partial charge in [-0.15, -0.1) is 0 Å². The summed E-state index contributed by atoms with van der Waals surface area (Å²) < 4.78 is 2.08. The number of nitrogens with zero attached hydrogens (tertiary/aromatic N) is 2. The minimum absolute atomic E-state index is 0.457. The first-order chi connectivity index (χ1) is 6.05. The van der Waals surface area contributed by atoms with Crippen molar-refractivity contribution in [2.24, 2.45) is 0 Å². The maximum atomic E-state index is 8.80. The Kier molecular flexibility index (Phi) is 3.12. The van der Waals surface area contributed by atoms with Crippen LogP contribution in [0.15, 0.2) is 24.5 Å². The van der Waals surface area contributed by atoms with Crippen molar-refractivity contribution in [3.8, 4) is 6.07 Å². The van der Waals surface area contributed by atoms with Crippen molar-refractivity contribution in [2.45, 2.75) is 18.6 Å². The Bertz CT molecular complexity index is 333. The van der Waals surface area contributed by atoms with E-state index in [1.54, 1.807) is 0 Å². The molecular formula is C9H10N2S2. The molecule has 0 aliphatic heterocycles. The first kappa shape index (κ1) is 10.3. The Hall–Kier alpha value is -0.790. The minimum Gasteiger partial charge on any atom is -0.310 e. The van der Waals surface area contributed by atoms with Crippen molar-refractivity contribution < 1.29 is 0 Å². The van der Waals surface area contributed by atoms with Crippen LogP contribution in [0, 0.1) is 11.3 Å². The topological polar surface area (TPSA) is 28.7 Å². The average molecular weight is 210 g/mol. The molecule has 0 N–H and O–H groups in total. The number of rotatable bonds is 1. The molecule has 0 aliphatic rings. The lowest BCUT2D eigenvalue weighted by atomic mass is 10.2. The summed E-state index contributed by atoms with van der Waals surface area (Å²) in [6, 6.07) is 6.01. The van der Waals surface area contributed by atoms with E-state index in [1.807, 2.05) is 42.9 Å². The zero-order valence-corrected chi connectivity index (χ0v) is 9.15. The third kappa shape index (κ3) is 2.87. The van der Waals surface area contributed by atoms with E-state index in [-0.39, 0.29) is 0 Å². The Morgan fingerprint density at radius 3 is 2.46 bits per heavy atom. The predicted octanol–water partition coefficient (Wildman–Crippen LogP) is 2.66. The van der Waals surface area contributed by atoms with Crippen LogP contribution in [0.2, 0.25) is 0 Å². The molecule has 0 radical (unpaired) electrons. The number of aromatic nitrogens is 1. The van der Waals surface area contributed by atoms with Crippen molar-refractivity contribution in [3.05, 3.63) is 24.5 Å². The molecule has 2 nitrogen and oxygen atoms in total. The molecule has 0 unspecified atom stereocenters. The van der Waals surface area contributed by atoms with Crippen molar-refractivity contribution in [3.63, 3.8) is 0 Å². The van der Waals surface area contributed by atoms with Crippen LogP contribution in [0.3, 0.4) is 0 Å². The smallest absolute Gasteiger partial charge is 0.145 e. The van der Waals surface area contributed by atoms with E-state index in [9.17, 15) is 0 Å². The van der Waals surface area contributed by atoms with Crippen LogP contribution in [-0.4, -0.2) is 13.6 Å². The number of hydrogen-bond acceptors (Lipinski definition) is 3. The number of thiocarbonyl (C=S) groups is 1. The third-order valence-corrected chi connectivity index (χ3v) is 2.87. The summed E-state index contributed by atoms with van der Waals surface area (Å²) in [5.74, 6) is 0. The summed E-state index contributed by atoms with van der Waals surface area (Å²) >= 11 is 6.56. The molecule has 0 aromatic carbocycles. The van der Waals surface area contributed by atoms with Crippen LogP contribution >= 0.6 is 24.0 Å². The van der Waals surface area contributed by atoms with Gasteiger partial charge in [0, 0.05) is 12.4 Å². The van der Waals surface area contributed by atoms with Gasteiger partial charge in [-0.05, 0) is 26.0 Å². The molecule has 1 rings (SSSR count). The van der Waals surface area contributed by atoms with Gasteiger partial charge in [0.05, 0.1) is 6.07 Å². The lowest BCUT2D eigenvalue weighted by Gasteiger charge is -2.15. The second-order valence-electron chi connectivity index (χ2n) is 3.08. The fraction of sp³-hybridized carbons (Fsp3) is 0.333. The van der Waals surface area contributed by atoms with Crippen LogP contribution in [0.4, 0.5) is 0 Å². The SMILES string of the molecule is CC(C)(C#N)SC(=S)n1cccc1. The van der Waals surface area contributed by atoms with Crippen LogP contribution in [0.5, 0.6) is 0 Å². The van der Waals surface area contributed by atoms with Gasteiger partial charge in [-0.2, -0.15) is 5.26 Å². The number of nitriles is 1. The van der Waals surface area contributed by atoms with E-state index < -0.39 is 4.75 Å². The molecule has 13 heavy (non-hydrogen) atoms. The molecule has 0 saturated carbocycles. The van der Waals surface area contributed by atoms with Crippen LogP contribution < -0.4 is 0 Å². The summed E-state index contributed by atoms with van der Waals surface area (Å²) in [7, 11) is 0. The summed E-state index contributed by atoms with van der Waals surface area (Å²) in [6.45, 7) is 3.71. The minimum atomic E-state index is -0.457. The van der Waals surface area contributed by atoms with E-state index in [0.717, 1.165) is 0 Å². The third-order valence-electron chi connectivity index (χ3n) is 1.43. The van der Waals surface area contributed by atoms with Crippen LogP contribution in [0.1, 0.15) is 13.8 Å². The molecule has 1 aromatic heterocycles. The highest BCUT2D eigenvalue weighted by atomic mass is 32.2. The van der Waals surface area contributed by atoms with Crippen molar-refractivity contribution in [2.75, 3.05) is 0 Å². The van der Waals surface area contributed by atoms with Gasteiger partial charge in [-0.1, -0.05) is 24.0 Å². The normalized spacial score (nSPS) is 10.8. The van der Waals surface area contributed by atoms with Gasteiger partial charge in [0.15, 0.2) is 0 Å². The van der Waals surface area contributed by atoms with E-state index in [2.05, 4.69) is 6.07 Å². The van der Waals surface area contributed by atoms with Gasteiger partial charge < -0.3 is 4.57 Å². The van der Waals surface area contributed by atoms with Crippen LogP contribution in [-0.2, 0) is 0 Å². The van der Waals surface area contributed by atoms with Gasteiger partial charge in [0.2, 0.25) is 0 Å². The Morgan fingerprint density at radius 2 is 2.00 bits per heavy atom. The molecular weight excluding hydrogens is 200 g/mol. The zero-order valence-electron chi connectivity index (χ0n) is 7.52. The molecule has 1 heterocycles. The maximum Gasteiger partial charge on any atom is 0.145 e. The van der Waals surface area contributed by atoms with Gasteiger partial charge in [0.25, 0.3) is 0 Å². The fourth-order valence-corrected chi connectivity index (χ4v) is 2.21. The van der Waals surface area contributed by atoms with Gasteiger partial charge in [-0.25, -0.2) is 0 Å². The molecule has 0 bridgehead atoms. The first-order valence-corrected chi connectivity index (χ1v) is 5.05. The number of thioether (sulfide) groups is 1. The lowest BCUT2D eigenvalue weighted by Crippen LogP contribution is -2.16. The second kappa shape index (κ2) is 3.95. The highest BCUT2D eigenvalue weighted by Gasteiger charge is 2.20.